The summed E-state index contributed by atoms with van der Waals surface area (Å²) in [6.07, 6.45) is 1.64. The summed E-state index contributed by atoms with van der Waals surface area (Å²) in [5.74, 6) is 0.124. The highest BCUT2D eigenvalue weighted by molar-refractivity contribution is 7.84. The lowest BCUT2D eigenvalue weighted by Crippen LogP contribution is -2.24. The van der Waals surface area contributed by atoms with E-state index in [0.29, 0.717) is 17.0 Å². The van der Waals surface area contributed by atoms with E-state index in [9.17, 15) is 8.60 Å². The molecule has 0 aliphatic rings. The second kappa shape index (κ2) is 6.07. The Kier molecular flexibility index (Phi) is 5.02. The molecule has 0 fully saturated rings. The predicted octanol–water partition coefficient (Wildman–Crippen LogP) is 1.64. The van der Waals surface area contributed by atoms with Crippen LogP contribution < -0.4 is 11.1 Å². The molecule has 94 valence electrons. The van der Waals surface area contributed by atoms with Gasteiger partial charge in [-0.05, 0) is 25.1 Å². The van der Waals surface area contributed by atoms with Gasteiger partial charge >= 0.3 is 0 Å². The largest absolute Gasteiger partial charge is 0.389 e. The third-order valence-corrected chi connectivity index (χ3v) is 3.32. The van der Waals surface area contributed by atoms with Gasteiger partial charge in [-0.15, -0.1) is 0 Å². The number of hydrogen-bond acceptors (Lipinski definition) is 3. The van der Waals surface area contributed by atoms with E-state index in [1.165, 1.54) is 12.1 Å². The molecule has 0 amide bonds. The quantitative estimate of drug-likeness (QED) is 0.802. The smallest absolute Gasteiger partial charge is 0.124 e. The maximum Gasteiger partial charge on any atom is 0.124 e. The van der Waals surface area contributed by atoms with Gasteiger partial charge in [0, 0.05) is 40.1 Å². The average Bonchev–Trinajstić information content (AvgIpc) is 2.19. The fourth-order valence-electron chi connectivity index (χ4n) is 1.51. The Labute approximate surface area is 108 Å². The SMILES string of the molecule is CC(CS(C)=O)Nc1ccc(F)cc1C(N)=S. The summed E-state index contributed by atoms with van der Waals surface area (Å²) in [4.78, 5) is 0.136. The molecular formula is C11H15FN2OS2. The Morgan fingerprint density at radius 2 is 2.29 bits per heavy atom. The number of anilines is 1. The number of nitrogens with one attached hydrogen (secondary N) is 1. The van der Waals surface area contributed by atoms with E-state index in [-0.39, 0.29) is 16.8 Å². The van der Waals surface area contributed by atoms with E-state index >= 15 is 0 Å². The predicted molar refractivity (Wildman–Crippen MR) is 74.3 cm³/mol. The zero-order valence-electron chi connectivity index (χ0n) is 9.70. The van der Waals surface area contributed by atoms with Crippen molar-refractivity contribution >= 4 is 33.7 Å². The molecule has 2 unspecified atom stereocenters. The maximum atomic E-state index is 13.1. The van der Waals surface area contributed by atoms with Crippen LogP contribution in [-0.4, -0.2) is 27.2 Å². The maximum absolute atomic E-state index is 13.1. The fraction of sp³-hybridized carbons (Fsp3) is 0.364. The van der Waals surface area contributed by atoms with Crippen LogP contribution in [0.15, 0.2) is 18.2 Å². The number of hydrogen-bond donors (Lipinski definition) is 2. The first-order valence-electron chi connectivity index (χ1n) is 5.06. The molecule has 0 radical (unpaired) electrons. The highest BCUT2D eigenvalue weighted by Crippen LogP contribution is 2.18. The summed E-state index contributed by atoms with van der Waals surface area (Å²) in [5, 5.41) is 3.12. The van der Waals surface area contributed by atoms with Gasteiger partial charge in [0.05, 0.1) is 0 Å². The molecule has 0 aliphatic heterocycles. The molecule has 0 saturated heterocycles. The summed E-state index contributed by atoms with van der Waals surface area (Å²) in [5.41, 5.74) is 6.66. The minimum atomic E-state index is -0.892. The lowest BCUT2D eigenvalue weighted by molar-refractivity contribution is 0.627. The molecule has 3 nitrogen and oxygen atoms in total. The molecule has 0 bridgehead atoms. The van der Waals surface area contributed by atoms with Gasteiger partial charge in [-0.3, -0.25) is 4.21 Å². The van der Waals surface area contributed by atoms with Crippen molar-refractivity contribution in [3.8, 4) is 0 Å². The lowest BCUT2D eigenvalue weighted by atomic mass is 10.1. The standard InChI is InChI=1S/C11H15FN2OS2/c1-7(6-17(2)15)14-10-4-3-8(12)5-9(10)11(13)16/h3-5,7,14H,6H2,1-2H3,(H2,13,16). The van der Waals surface area contributed by atoms with Crippen molar-refractivity contribution in [2.45, 2.75) is 13.0 Å². The van der Waals surface area contributed by atoms with Crippen molar-refractivity contribution in [3.63, 3.8) is 0 Å². The Bertz CT molecular complexity index is 451. The van der Waals surface area contributed by atoms with Gasteiger partial charge in [-0.1, -0.05) is 12.2 Å². The van der Waals surface area contributed by atoms with E-state index in [2.05, 4.69) is 5.32 Å². The van der Waals surface area contributed by atoms with Gasteiger partial charge in [0.25, 0.3) is 0 Å². The molecule has 0 aliphatic carbocycles. The molecule has 1 aromatic carbocycles. The molecule has 3 N–H and O–H groups in total. The summed E-state index contributed by atoms with van der Waals surface area (Å²) in [6.45, 7) is 1.90. The number of benzene rings is 1. The molecule has 1 rings (SSSR count). The highest BCUT2D eigenvalue weighted by atomic mass is 32.2. The average molecular weight is 274 g/mol. The van der Waals surface area contributed by atoms with E-state index in [4.69, 9.17) is 18.0 Å². The van der Waals surface area contributed by atoms with Crippen LogP contribution in [0, 0.1) is 5.82 Å². The molecule has 0 saturated carbocycles. The molecule has 0 aromatic heterocycles. The van der Waals surface area contributed by atoms with E-state index in [1.807, 2.05) is 6.92 Å². The van der Waals surface area contributed by atoms with Crippen LogP contribution >= 0.6 is 12.2 Å². The summed E-state index contributed by atoms with van der Waals surface area (Å²) >= 11 is 4.86. The van der Waals surface area contributed by atoms with Crippen molar-refractivity contribution < 1.29 is 8.60 Å². The topological polar surface area (TPSA) is 55.1 Å². The molecule has 17 heavy (non-hydrogen) atoms. The number of thiocarbonyl (C=S) groups is 1. The van der Waals surface area contributed by atoms with Crippen molar-refractivity contribution in [2.75, 3.05) is 17.3 Å². The Morgan fingerprint density at radius 1 is 1.65 bits per heavy atom. The van der Waals surface area contributed by atoms with Gasteiger partial charge in [-0.25, -0.2) is 4.39 Å². The molecule has 0 spiro atoms. The van der Waals surface area contributed by atoms with E-state index < -0.39 is 10.8 Å². The van der Waals surface area contributed by atoms with Gasteiger partial charge in [0.15, 0.2) is 0 Å². The van der Waals surface area contributed by atoms with Crippen LogP contribution in [-0.2, 0) is 10.8 Å². The van der Waals surface area contributed by atoms with Crippen molar-refractivity contribution in [1.29, 1.82) is 0 Å². The van der Waals surface area contributed by atoms with Crippen molar-refractivity contribution in [1.82, 2.24) is 0 Å². The summed E-state index contributed by atoms with van der Waals surface area (Å²) in [7, 11) is -0.892. The Morgan fingerprint density at radius 3 is 2.82 bits per heavy atom. The zero-order valence-corrected chi connectivity index (χ0v) is 11.3. The van der Waals surface area contributed by atoms with Crippen LogP contribution in [0.25, 0.3) is 0 Å². The van der Waals surface area contributed by atoms with Crippen molar-refractivity contribution in [3.05, 3.63) is 29.6 Å². The van der Waals surface area contributed by atoms with Gasteiger partial charge in [-0.2, -0.15) is 0 Å². The third kappa shape index (κ3) is 4.40. The second-order valence-corrected chi connectivity index (χ2v) is 5.76. The summed E-state index contributed by atoms with van der Waals surface area (Å²) in [6, 6.07) is 4.21. The van der Waals surface area contributed by atoms with Crippen molar-refractivity contribution in [2.24, 2.45) is 5.73 Å². The first-order chi connectivity index (χ1) is 7.90. The fourth-order valence-corrected chi connectivity index (χ4v) is 2.46. The van der Waals surface area contributed by atoms with Crippen LogP contribution in [0.2, 0.25) is 0 Å². The van der Waals surface area contributed by atoms with Crippen LogP contribution in [0.1, 0.15) is 12.5 Å². The molecule has 2 atom stereocenters. The molecule has 6 heteroatoms. The number of nitrogens with two attached hydrogens (primary N) is 1. The zero-order chi connectivity index (χ0) is 13.0. The molecular weight excluding hydrogens is 259 g/mol. The van der Waals surface area contributed by atoms with Crippen LogP contribution in [0.5, 0.6) is 0 Å². The lowest BCUT2D eigenvalue weighted by Gasteiger charge is -2.16. The number of rotatable bonds is 5. The Hall–Kier alpha value is -1.01. The Balaban J connectivity index is 2.90. The highest BCUT2D eigenvalue weighted by Gasteiger charge is 2.10. The monoisotopic (exact) mass is 274 g/mol. The van der Waals surface area contributed by atoms with E-state index in [0.717, 1.165) is 0 Å². The van der Waals surface area contributed by atoms with Crippen LogP contribution in [0.3, 0.4) is 0 Å². The minimum absolute atomic E-state index is 0.000561. The first kappa shape index (κ1) is 14.1. The van der Waals surface area contributed by atoms with Gasteiger partial charge < -0.3 is 11.1 Å². The first-order valence-corrected chi connectivity index (χ1v) is 7.19. The normalized spacial score (nSPS) is 14.1. The third-order valence-electron chi connectivity index (χ3n) is 2.13. The van der Waals surface area contributed by atoms with Gasteiger partial charge in [0.1, 0.15) is 10.8 Å². The molecule has 1 aromatic rings. The van der Waals surface area contributed by atoms with Gasteiger partial charge in [0.2, 0.25) is 0 Å². The van der Waals surface area contributed by atoms with E-state index in [1.54, 1.807) is 12.3 Å². The second-order valence-electron chi connectivity index (χ2n) is 3.84. The minimum Gasteiger partial charge on any atom is -0.389 e. The van der Waals surface area contributed by atoms with Crippen LogP contribution in [0.4, 0.5) is 10.1 Å². The number of halogens is 1. The molecule has 0 heterocycles. The summed E-state index contributed by atoms with van der Waals surface area (Å²) < 4.78 is 24.1.